The summed E-state index contributed by atoms with van der Waals surface area (Å²) in [5, 5.41) is 7.61. The van der Waals surface area contributed by atoms with Crippen LogP contribution in [-0.2, 0) is 4.74 Å². The Labute approximate surface area is 153 Å². The van der Waals surface area contributed by atoms with Gasteiger partial charge in [-0.1, -0.05) is 12.1 Å². The number of carbonyl (C=O) groups excluding carboxylic acids is 1. The largest absolute Gasteiger partial charge is 0.376 e. The van der Waals surface area contributed by atoms with Gasteiger partial charge in [0.05, 0.1) is 29.4 Å². The number of hydrogen-bond donors (Lipinski definition) is 1. The molecule has 0 radical (unpaired) electrons. The van der Waals surface area contributed by atoms with Gasteiger partial charge in [0.15, 0.2) is 0 Å². The molecule has 1 saturated carbocycles. The lowest BCUT2D eigenvalue weighted by Gasteiger charge is -2.51. The molecule has 1 N–H and O–H groups in total. The number of rotatable bonds is 4. The van der Waals surface area contributed by atoms with Gasteiger partial charge in [0.1, 0.15) is 0 Å². The van der Waals surface area contributed by atoms with Crippen molar-refractivity contribution < 1.29 is 9.53 Å². The van der Waals surface area contributed by atoms with E-state index in [0.717, 1.165) is 31.8 Å². The predicted molar refractivity (Wildman–Crippen MR) is 97.3 cm³/mol. The molecule has 5 rings (SSSR count). The van der Waals surface area contributed by atoms with E-state index in [4.69, 9.17) is 4.74 Å². The van der Waals surface area contributed by atoms with E-state index in [1.54, 1.807) is 10.9 Å². The second-order valence-corrected chi connectivity index (χ2v) is 7.49. The average molecular weight is 352 g/mol. The van der Waals surface area contributed by atoms with Crippen LogP contribution in [0.4, 0.5) is 0 Å². The first-order valence-corrected chi connectivity index (χ1v) is 9.58. The molecule has 3 aliphatic rings. The fourth-order valence-electron chi connectivity index (χ4n) is 4.85. The molecular formula is C20H24N4O2. The van der Waals surface area contributed by atoms with E-state index in [-0.39, 0.29) is 11.9 Å². The van der Waals surface area contributed by atoms with E-state index < -0.39 is 0 Å². The molecule has 4 atom stereocenters. The highest BCUT2D eigenvalue weighted by Gasteiger charge is 2.56. The maximum Gasteiger partial charge on any atom is 0.253 e. The van der Waals surface area contributed by atoms with E-state index in [0.29, 0.717) is 23.6 Å². The molecular weight excluding hydrogens is 328 g/mol. The Bertz CT molecular complexity index is 780. The Kier molecular flexibility index (Phi) is 4.02. The van der Waals surface area contributed by atoms with Gasteiger partial charge >= 0.3 is 0 Å². The number of benzene rings is 1. The summed E-state index contributed by atoms with van der Waals surface area (Å²) in [5.41, 5.74) is 1.48. The quantitative estimate of drug-likeness (QED) is 0.912. The van der Waals surface area contributed by atoms with E-state index in [2.05, 4.69) is 15.3 Å². The monoisotopic (exact) mass is 352 g/mol. The van der Waals surface area contributed by atoms with Crippen LogP contribution in [0.1, 0.15) is 29.6 Å². The Morgan fingerprint density at radius 1 is 1.19 bits per heavy atom. The first kappa shape index (κ1) is 16.0. The van der Waals surface area contributed by atoms with Gasteiger partial charge in [-0.2, -0.15) is 5.10 Å². The van der Waals surface area contributed by atoms with Crippen molar-refractivity contribution in [3.05, 3.63) is 48.3 Å². The minimum atomic E-state index is -0.0179. The van der Waals surface area contributed by atoms with Gasteiger partial charge in [-0.15, -0.1) is 0 Å². The average Bonchev–Trinajstić information content (AvgIpc) is 3.42. The van der Waals surface area contributed by atoms with Crippen LogP contribution in [0, 0.1) is 5.92 Å². The summed E-state index contributed by atoms with van der Waals surface area (Å²) in [7, 11) is 0. The van der Waals surface area contributed by atoms with Gasteiger partial charge < -0.3 is 10.1 Å². The van der Waals surface area contributed by atoms with Crippen LogP contribution in [0.3, 0.4) is 0 Å². The Hall–Kier alpha value is -2.18. The molecule has 1 aromatic heterocycles. The van der Waals surface area contributed by atoms with Crippen LogP contribution in [-0.4, -0.2) is 58.5 Å². The van der Waals surface area contributed by atoms with Crippen LogP contribution in [0.15, 0.2) is 42.7 Å². The standard InChI is InChI=1S/C20H24N4O2/c25-20(14-6-1-2-7-16(14)24-12-5-9-21-24)22-17-15-8-13-26-19(15)18(17)23-10-3-4-11-23/h1-2,5-7,9,12,15,17-19H,3-4,8,10-11,13H2,(H,22,25). The predicted octanol–water partition coefficient (Wildman–Crippen LogP) is 1.85. The van der Waals surface area contributed by atoms with E-state index in [9.17, 15) is 4.79 Å². The van der Waals surface area contributed by atoms with Crippen LogP contribution < -0.4 is 5.32 Å². The minimum Gasteiger partial charge on any atom is -0.376 e. The highest BCUT2D eigenvalue weighted by molar-refractivity contribution is 5.98. The number of fused-ring (bicyclic) bond motifs is 1. The maximum absolute atomic E-state index is 13.1. The topological polar surface area (TPSA) is 59.4 Å². The Balaban J connectivity index is 1.38. The fourth-order valence-corrected chi connectivity index (χ4v) is 4.85. The van der Waals surface area contributed by atoms with E-state index in [1.807, 2.05) is 36.5 Å². The van der Waals surface area contributed by atoms with Crippen LogP contribution in [0.5, 0.6) is 0 Å². The van der Waals surface area contributed by atoms with Gasteiger partial charge in [0, 0.05) is 24.9 Å². The van der Waals surface area contributed by atoms with Crippen molar-refractivity contribution in [3.8, 4) is 5.69 Å². The number of ether oxygens (including phenoxy) is 1. The summed E-state index contributed by atoms with van der Waals surface area (Å²) in [4.78, 5) is 15.6. The molecule has 3 heterocycles. The molecule has 3 fully saturated rings. The number of hydrogen-bond acceptors (Lipinski definition) is 4. The number of amides is 1. The second-order valence-electron chi connectivity index (χ2n) is 7.49. The molecule has 4 unspecified atom stereocenters. The van der Waals surface area contributed by atoms with Crippen molar-refractivity contribution in [1.29, 1.82) is 0 Å². The second kappa shape index (κ2) is 6.52. The van der Waals surface area contributed by atoms with Crippen molar-refractivity contribution in [2.45, 2.75) is 37.5 Å². The molecule has 6 nitrogen and oxygen atoms in total. The SMILES string of the molecule is O=C(NC1C2CCOC2C1N1CCCC1)c1ccccc1-n1cccn1. The van der Waals surface area contributed by atoms with Gasteiger partial charge in [-0.3, -0.25) is 9.69 Å². The third-order valence-electron chi connectivity index (χ3n) is 6.11. The highest BCUT2D eigenvalue weighted by Crippen LogP contribution is 2.43. The fraction of sp³-hybridized carbons (Fsp3) is 0.500. The summed E-state index contributed by atoms with van der Waals surface area (Å²) in [6.45, 7) is 3.05. The number of nitrogens with zero attached hydrogens (tertiary/aromatic N) is 3. The molecule has 0 spiro atoms. The summed E-state index contributed by atoms with van der Waals surface area (Å²) < 4.78 is 7.72. The molecule has 136 valence electrons. The lowest BCUT2D eigenvalue weighted by molar-refractivity contribution is -0.0747. The van der Waals surface area contributed by atoms with Crippen molar-refractivity contribution in [2.24, 2.45) is 5.92 Å². The number of carbonyl (C=O) groups is 1. The summed E-state index contributed by atoms with van der Waals surface area (Å²) in [6.07, 6.45) is 7.42. The number of aromatic nitrogens is 2. The van der Waals surface area contributed by atoms with Crippen molar-refractivity contribution in [2.75, 3.05) is 19.7 Å². The molecule has 0 bridgehead atoms. The molecule has 6 heteroatoms. The number of para-hydroxylation sites is 1. The lowest BCUT2D eigenvalue weighted by atomic mass is 9.70. The third-order valence-corrected chi connectivity index (χ3v) is 6.11. The summed E-state index contributed by atoms with van der Waals surface area (Å²) in [6, 6.07) is 10.0. The van der Waals surface area contributed by atoms with Crippen LogP contribution in [0.2, 0.25) is 0 Å². The summed E-state index contributed by atoms with van der Waals surface area (Å²) in [5.74, 6) is 0.428. The Morgan fingerprint density at radius 2 is 2.04 bits per heavy atom. The number of nitrogens with one attached hydrogen (secondary N) is 1. The molecule has 2 aromatic rings. The summed E-state index contributed by atoms with van der Waals surface area (Å²) >= 11 is 0. The van der Waals surface area contributed by atoms with Crippen LogP contribution >= 0.6 is 0 Å². The maximum atomic E-state index is 13.1. The van der Waals surface area contributed by atoms with E-state index in [1.165, 1.54) is 12.8 Å². The highest BCUT2D eigenvalue weighted by atomic mass is 16.5. The lowest BCUT2D eigenvalue weighted by Crippen LogP contribution is -2.70. The van der Waals surface area contributed by atoms with Crippen molar-refractivity contribution in [1.82, 2.24) is 20.0 Å². The molecule has 1 aliphatic carbocycles. The smallest absolute Gasteiger partial charge is 0.253 e. The van der Waals surface area contributed by atoms with Crippen molar-refractivity contribution >= 4 is 5.91 Å². The molecule has 1 amide bonds. The van der Waals surface area contributed by atoms with Gasteiger partial charge in [-0.25, -0.2) is 4.68 Å². The first-order chi connectivity index (χ1) is 12.8. The zero-order valence-corrected chi connectivity index (χ0v) is 14.8. The zero-order valence-electron chi connectivity index (χ0n) is 14.8. The first-order valence-electron chi connectivity index (χ1n) is 9.58. The van der Waals surface area contributed by atoms with Gasteiger partial charge in [-0.05, 0) is 50.6 Å². The van der Waals surface area contributed by atoms with Gasteiger partial charge in [0.2, 0.25) is 0 Å². The Morgan fingerprint density at radius 3 is 2.85 bits per heavy atom. The number of likely N-dealkylation sites (tertiary alicyclic amines) is 1. The van der Waals surface area contributed by atoms with E-state index >= 15 is 0 Å². The van der Waals surface area contributed by atoms with Gasteiger partial charge in [0.25, 0.3) is 5.91 Å². The zero-order chi connectivity index (χ0) is 17.5. The minimum absolute atomic E-state index is 0.0179. The van der Waals surface area contributed by atoms with Crippen molar-refractivity contribution in [3.63, 3.8) is 0 Å². The molecule has 2 aliphatic heterocycles. The molecule has 2 saturated heterocycles. The molecule has 26 heavy (non-hydrogen) atoms. The third kappa shape index (κ3) is 2.56. The van der Waals surface area contributed by atoms with Crippen LogP contribution in [0.25, 0.3) is 5.69 Å². The normalized spacial score (nSPS) is 30.8. The molecule has 1 aromatic carbocycles.